The Labute approximate surface area is 142 Å². The molecule has 0 aliphatic carbocycles. The number of aryl methyl sites for hydroxylation is 2. The van der Waals surface area contributed by atoms with Crippen molar-refractivity contribution in [2.45, 2.75) is 33.2 Å². The van der Waals surface area contributed by atoms with Crippen molar-refractivity contribution in [2.24, 2.45) is 7.05 Å². The van der Waals surface area contributed by atoms with Gasteiger partial charge in [0.2, 0.25) is 5.95 Å². The second-order valence-corrected chi connectivity index (χ2v) is 5.82. The van der Waals surface area contributed by atoms with E-state index < -0.39 is 0 Å². The number of anilines is 1. The van der Waals surface area contributed by atoms with Crippen LogP contribution in [0.25, 0.3) is 11.3 Å². The maximum Gasteiger partial charge on any atom is 0.223 e. The minimum Gasteiger partial charge on any atom is -0.347 e. The maximum atomic E-state index is 4.70. The molecule has 0 aliphatic rings. The molecule has 3 heterocycles. The summed E-state index contributed by atoms with van der Waals surface area (Å²) in [5, 5.41) is 7.89. The second-order valence-electron chi connectivity index (χ2n) is 5.82. The molecule has 0 saturated carbocycles. The van der Waals surface area contributed by atoms with Gasteiger partial charge in [-0.15, -0.1) is 0 Å². The van der Waals surface area contributed by atoms with Crippen LogP contribution in [0, 0.1) is 13.8 Å². The van der Waals surface area contributed by atoms with Crippen molar-refractivity contribution < 1.29 is 0 Å². The van der Waals surface area contributed by atoms with Gasteiger partial charge in [-0.1, -0.05) is 6.92 Å². The predicted octanol–water partition coefficient (Wildman–Crippen LogP) is 3.45. The Hall–Kier alpha value is -2.76. The molecule has 3 aromatic heterocycles. The molecule has 6 nitrogen and oxygen atoms in total. The summed E-state index contributed by atoms with van der Waals surface area (Å²) in [5.41, 5.74) is 5.20. The zero-order valence-corrected chi connectivity index (χ0v) is 14.5. The molecular formula is C18H22N6. The van der Waals surface area contributed by atoms with Gasteiger partial charge in [0.25, 0.3) is 0 Å². The van der Waals surface area contributed by atoms with Crippen LogP contribution in [0.4, 0.5) is 5.95 Å². The molecule has 0 aliphatic heterocycles. The summed E-state index contributed by atoms with van der Waals surface area (Å²) in [6.07, 6.45) is 6.33. The molecule has 0 spiro atoms. The first-order valence-corrected chi connectivity index (χ1v) is 8.10. The van der Waals surface area contributed by atoms with Crippen LogP contribution >= 0.6 is 0 Å². The number of pyridine rings is 1. The van der Waals surface area contributed by atoms with Gasteiger partial charge in [0.1, 0.15) is 0 Å². The summed E-state index contributed by atoms with van der Waals surface area (Å²) in [6.45, 7) is 6.19. The van der Waals surface area contributed by atoms with Crippen molar-refractivity contribution in [2.75, 3.05) is 5.32 Å². The SMILES string of the molecule is CCC(Nc1nccc(-c2c(C)nn(C)c2C)n1)c1ccncc1. The third kappa shape index (κ3) is 3.13. The van der Waals surface area contributed by atoms with E-state index in [1.807, 2.05) is 36.9 Å². The fourth-order valence-electron chi connectivity index (χ4n) is 2.88. The summed E-state index contributed by atoms with van der Waals surface area (Å²) >= 11 is 0. The van der Waals surface area contributed by atoms with E-state index in [-0.39, 0.29) is 6.04 Å². The van der Waals surface area contributed by atoms with Crippen molar-refractivity contribution in [3.63, 3.8) is 0 Å². The first-order chi connectivity index (χ1) is 11.6. The van der Waals surface area contributed by atoms with E-state index >= 15 is 0 Å². The van der Waals surface area contributed by atoms with Crippen LogP contribution < -0.4 is 5.32 Å². The molecule has 6 heteroatoms. The molecule has 3 aromatic rings. The van der Waals surface area contributed by atoms with E-state index in [1.165, 1.54) is 5.56 Å². The lowest BCUT2D eigenvalue weighted by Crippen LogP contribution is -2.12. The molecule has 1 atom stereocenters. The minimum atomic E-state index is 0.152. The number of hydrogen-bond donors (Lipinski definition) is 1. The Morgan fingerprint density at radius 3 is 2.50 bits per heavy atom. The Balaban J connectivity index is 1.91. The molecule has 3 rings (SSSR count). The molecule has 24 heavy (non-hydrogen) atoms. The number of rotatable bonds is 5. The summed E-state index contributed by atoms with van der Waals surface area (Å²) in [6, 6.07) is 6.11. The van der Waals surface area contributed by atoms with E-state index in [0.29, 0.717) is 5.95 Å². The quantitative estimate of drug-likeness (QED) is 0.779. The third-order valence-electron chi connectivity index (χ3n) is 4.24. The van der Waals surface area contributed by atoms with Crippen LogP contribution in [0.2, 0.25) is 0 Å². The number of hydrogen-bond acceptors (Lipinski definition) is 5. The Morgan fingerprint density at radius 1 is 1.12 bits per heavy atom. The first kappa shape index (κ1) is 16.1. The van der Waals surface area contributed by atoms with Crippen molar-refractivity contribution in [1.82, 2.24) is 24.7 Å². The molecular weight excluding hydrogens is 300 g/mol. The Kier molecular flexibility index (Phi) is 4.55. The lowest BCUT2D eigenvalue weighted by molar-refractivity contribution is 0.731. The summed E-state index contributed by atoms with van der Waals surface area (Å²) in [5.74, 6) is 0.624. The highest BCUT2D eigenvalue weighted by atomic mass is 15.3. The zero-order chi connectivity index (χ0) is 17.1. The highest BCUT2D eigenvalue weighted by Crippen LogP contribution is 2.26. The molecule has 0 radical (unpaired) electrons. The third-order valence-corrected chi connectivity index (χ3v) is 4.24. The monoisotopic (exact) mass is 322 g/mol. The fraction of sp³-hybridized carbons (Fsp3) is 0.333. The lowest BCUT2D eigenvalue weighted by atomic mass is 10.1. The van der Waals surface area contributed by atoms with Gasteiger partial charge in [-0.05, 0) is 44.0 Å². The van der Waals surface area contributed by atoms with Gasteiger partial charge in [-0.25, -0.2) is 9.97 Å². The molecule has 1 N–H and O–H groups in total. The smallest absolute Gasteiger partial charge is 0.223 e. The van der Waals surface area contributed by atoms with Gasteiger partial charge < -0.3 is 5.32 Å². The van der Waals surface area contributed by atoms with Crippen molar-refractivity contribution >= 4 is 5.95 Å². The van der Waals surface area contributed by atoms with Gasteiger partial charge in [-0.3, -0.25) is 9.67 Å². The van der Waals surface area contributed by atoms with Gasteiger partial charge in [-0.2, -0.15) is 5.10 Å². The van der Waals surface area contributed by atoms with E-state index in [2.05, 4.69) is 34.2 Å². The predicted molar refractivity (Wildman–Crippen MR) is 94.6 cm³/mol. The molecule has 0 saturated heterocycles. The fourth-order valence-corrected chi connectivity index (χ4v) is 2.88. The zero-order valence-electron chi connectivity index (χ0n) is 14.5. The van der Waals surface area contributed by atoms with Crippen molar-refractivity contribution in [1.29, 1.82) is 0 Å². The van der Waals surface area contributed by atoms with Gasteiger partial charge in [0.15, 0.2) is 0 Å². The standard InChI is InChI=1S/C18H22N6/c1-5-15(14-6-9-19-10-7-14)21-18-20-11-8-16(22-18)17-12(2)23-24(4)13(17)3/h6-11,15H,5H2,1-4H3,(H,20,21,22). The number of aromatic nitrogens is 5. The highest BCUT2D eigenvalue weighted by molar-refractivity contribution is 5.65. The van der Waals surface area contributed by atoms with Crippen LogP contribution in [0.15, 0.2) is 36.8 Å². The van der Waals surface area contributed by atoms with E-state index in [1.54, 1.807) is 18.6 Å². The highest BCUT2D eigenvalue weighted by Gasteiger charge is 2.15. The average molecular weight is 322 g/mol. The van der Waals surface area contributed by atoms with E-state index in [0.717, 1.165) is 29.1 Å². The summed E-state index contributed by atoms with van der Waals surface area (Å²) < 4.78 is 1.88. The minimum absolute atomic E-state index is 0.152. The Bertz CT molecular complexity index is 825. The molecule has 1 unspecified atom stereocenters. The van der Waals surface area contributed by atoms with Gasteiger partial charge >= 0.3 is 0 Å². The molecule has 0 aromatic carbocycles. The second kappa shape index (κ2) is 6.78. The van der Waals surface area contributed by atoms with E-state index in [9.17, 15) is 0 Å². The average Bonchev–Trinajstić information content (AvgIpc) is 2.86. The van der Waals surface area contributed by atoms with Crippen molar-refractivity contribution in [3.8, 4) is 11.3 Å². The van der Waals surface area contributed by atoms with Gasteiger partial charge in [0, 0.05) is 36.9 Å². The van der Waals surface area contributed by atoms with Gasteiger partial charge in [0.05, 0.1) is 17.4 Å². The van der Waals surface area contributed by atoms with Crippen LogP contribution in [-0.2, 0) is 7.05 Å². The maximum absolute atomic E-state index is 4.70. The van der Waals surface area contributed by atoms with Crippen LogP contribution in [-0.4, -0.2) is 24.7 Å². The number of nitrogens with zero attached hydrogens (tertiary/aromatic N) is 5. The topological polar surface area (TPSA) is 68.5 Å². The van der Waals surface area contributed by atoms with E-state index in [4.69, 9.17) is 4.98 Å². The molecule has 124 valence electrons. The molecule has 0 bridgehead atoms. The lowest BCUT2D eigenvalue weighted by Gasteiger charge is -2.17. The molecule has 0 amide bonds. The Morgan fingerprint density at radius 2 is 1.88 bits per heavy atom. The van der Waals surface area contributed by atoms with Crippen LogP contribution in [0.3, 0.4) is 0 Å². The first-order valence-electron chi connectivity index (χ1n) is 8.10. The van der Waals surface area contributed by atoms with Crippen molar-refractivity contribution in [3.05, 3.63) is 53.7 Å². The van der Waals surface area contributed by atoms with Crippen LogP contribution in [0.5, 0.6) is 0 Å². The largest absolute Gasteiger partial charge is 0.347 e. The molecule has 0 fully saturated rings. The number of nitrogens with one attached hydrogen (secondary N) is 1. The summed E-state index contributed by atoms with van der Waals surface area (Å²) in [7, 11) is 1.95. The van der Waals surface area contributed by atoms with Crippen LogP contribution in [0.1, 0.15) is 36.3 Å². The normalized spacial score (nSPS) is 12.2. The summed E-state index contributed by atoms with van der Waals surface area (Å²) in [4.78, 5) is 13.2.